The predicted molar refractivity (Wildman–Crippen MR) is 83.5 cm³/mol. The Labute approximate surface area is 126 Å². The Morgan fingerprint density at radius 3 is 2.71 bits per heavy atom. The Hall–Kier alpha value is -1.62. The van der Waals surface area contributed by atoms with Crippen LogP contribution >= 0.6 is 0 Å². The fraction of sp³-hybridized carbons (Fsp3) is 0.625. The van der Waals surface area contributed by atoms with E-state index in [1.807, 2.05) is 31.0 Å². The lowest BCUT2D eigenvalue weighted by molar-refractivity contribution is -0.130. The number of aromatic nitrogens is 1. The van der Waals surface area contributed by atoms with Crippen molar-refractivity contribution in [1.82, 2.24) is 9.88 Å². The van der Waals surface area contributed by atoms with Gasteiger partial charge in [-0.1, -0.05) is 0 Å². The first-order valence-corrected chi connectivity index (χ1v) is 7.80. The van der Waals surface area contributed by atoms with E-state index >= 15 is 0 Å². The molecule has 1 fully saturated rings. The van der Waals surface area contributed by atoms with Crippen LogP contribution in [0.3, 0.4) is 0 Å². The summed E-state index contributed by atoms with van der Waals surface area (Å²) in [5, 5.41) is 0. The second kappa shape index (κ2) is 7.98. The van der Waals surface area contributed by atoms with Gasteiger partial charge in [-0.25, -0.2) is 4.98 Å². The highest BCUT2D eigenvalue weighted by molar-refractivity contribution is 5.76. The van der Waals surface area contributed by atoms with Gasteiger partial charge in [0.1, 0.15) is 5.82 Å². The molecule has 0 unspecified atom stereocenters. The van der Waals surface area contributed by atoms with Gasteiger partial charge in [0.25, 0.3) is 0 Å². The van der Waals surface area contributed by atoms with Crippen LogP contribution in [-0.2, 0) is 16.0 Å². The van der Waals surface area contributed by atoms with Gasteiger partial charge >= 0.3 is 0 Å². The third kappa shape index (κ3) is 4.43. The molecule has 0 radical (unpaired) electrons. The molecule has 0 N–H and O–H groups in total. The fourth-order valence-electron chi connectivity index (χ4n) is 2.57. The van der Waals surface area contributed by atoms with Crippen LogP contribution in [0.5, 0.6) is 0 Å². The molecule has 0 spiro atoms. The normalized spacial score (nSPS) is 15.0. The van der Waals surface area contributed by atoms with E-state index in [2.05, 4.69) is 16.0 Å². The molecule has 0 aliphatic carbocycles. The highest BCUT2D eigenvalue weighted by atomic mass is 16.5. The molecule has 0 atom stereocenters. The van der Waals surface area contributed by atoms with Gasteiger partial charge in [-0.2, -0.15) is 0 Å². The first kappa shape index (κ1) is 15.8. The van der Waals surface area contributed by atoms with Crippen molar-refractivity contribution in [3.05, 3.63) is 23.9 Å². The Balaban J connectivity index is 1.93. The summed E-state index contributed by atoms with van der Waals surface area (Å²) < 4.78 is 5.36. The number of amides is 1. The highest BCUT2D eigenvalue weighted by Crippen LogP contribution is 2.15. The molecule has 5 heteroatoms. The quantitative estimate of drug-likeness (QED) is 0.800. The molecule has 0 bridgehead atoms. The van der Waals surface area contributed by atoms with Crippen molar-refractivity contribution in [1.29, 1.82) is 0 Å². The summed E-state index contributed by atoms with van der Waals surface area (Å²) in [6.07, 6.45) is 3.17. The molecular formula is C16H25N3O2. The Morgan fingerprint density at radius 1 is 1.33 bits per heavy atom. The van der Waals surface area contributed by atoms with Gasteiger partial charge in [-0.15, -0.1) is 0 Å². The molecule has 116 valence electrons. The summed E-state index contributed by atoms with van der Waals surface area (Å²) in [5.41, 5.74) is 1.17. The molecule has 1 saturated heterocycles. The number of ether oxygens (including phenoxy) is 1. The number of anilines is 1. The number of carbonyl (C=O) groups excluding carboxylic acids is 1. The number of aryl methyl sites for hydroxylation is 1. The van der Waals surface area contributed by atoms with Gasteiger partial charge in [-0.05, 0) is 38.0 Å². The van der Waals surface area contributed by atoms with Crippen molar-refractivity contribution in [2.45, 2.75) is 26.7 Å². The number of hydrogen-bond acceptors (Lipinski definition) is 4. The van der Waals surface area contributed by atoms with Gasteiger partial charge in [0.2, 0.25) is 5.91 Å². The van der Waals surface area contributed by atoms with Crippen LogP contribution in [0.25, 0.3) is 0 Å². The van der Waals surface area contributed by atoms with E-state index in [0.717, 1.165) is 51.6 Å². The molecule has 2 rings (SSSR count). The molecule has 0 saturated carbocycles. The molecule has 1 amide bonds. The van der Waals surface area contributed by atoms with Crippen LogP contribution in [0.1, 0.15) is 25.8 Å². The molecular weight excluding hydrogens is 266 g/mol. The maximum atomic E-state index is 12.0. The van der Waals surface area contributed by atoms with E-state index < -0.39 is 0 Å². The SMILES string of the molecule is CCN(CC)C(=O)CCc1ccnc(N2CCOCC2)c1. The van der Waals surface area contributed by atoms with Crippen molar-refractivity contribution >= 4 is 11.7 Å². The fourth-order valence-corrected chi connectivity index (χ4v) is 2.57. The van der Waals surface area contributed by atoms with Gasteiger partial charge in [-0.3, -0.25) is 4.79 Å². The van der Waals surface area contributed by atoms with Crippen molar-refractivity contribution in [2.75, 3.05) is 44.3 Å². The molecule has 1 aliphatic rings. The maximum Gasteiger partial charge on any atom is 0.222 e. The van der Waals surface area contributed by atoms with E-state index in [9.17, 15) is 4.79 Å². The van der Waals surface area contributed by atoms with Gasteiger partial charge in [0.05, 0.1) is 13.2 Å². The minimum atomic E-state index is 0.227. The summed E-state index contributed by atoms with van der Waals surface area (Å²) in [6.45, 7) is 8.88. The minimum Gasteiger partial charge on any atom is -0.378 e. The zero-order chi connectivity index (χ0) is 15.1. The summed E-state index contributed by atoms with van der Waals surface area (Å²) in [7, 11) is 0. The second-order valence-corrected chi connectivity index (χ2v) is 5.19. The lowest BCUT2D eigenvalue weighted by Gasteiger charge is -2.28. The predicted octanol–water partition coefficient (Wildman–Crippen LogP) is 1.72. The van der Waals surface area contributed by atoms with E-state index in [4.69, 9.17) is 4.74 Å². The highest BCUT2D eigenvalue weighted by Gasteiger charge is 2.13. The largest absolute Gasteiger partial charge is 0.378 e. The average Bonchev–Trinajstić information content (AvgIpc) is 2.55. The Morgan fingerprint density at radius 2 is 2.05 bits per heavy atom. The minimum absolute atomic E-state index is 0.227. The lowest BCUT2D eigenvalue weighted by Crippen LogP contribution is -2.36. The lowest BCUT2D eigenvalue weighted by atomic mass is 10.1. The summed E-state index contributed by atoms with van der Waals surface area (Å²) >= 11 is 0. The van der Waals surface area contributed by atoms with Crippen LogP contribution in [0.2, 0.25) is 0 Å². The number of hydrogen-bond donors (Lipinski definition) is 0. The first-order chi connectivity index (χ1) is 10.2. The molecule has 1 aromatic heterocycles. The number of pyridine rings is 1. The van der Waals surface area contributed by atoms with Gasteiger partial charge in [0.15, 0.2) is 0 Å². The van der Waals surface area contributed by atoms with Crippen LogP contribution in [-0.4, -0.2) is 55.2 Å². The molecule has 2 heterocycles. The summed E-state index contributed by atoms with van der Waals surface area (Å²) in [5.74, 6) is 1.22. The number of carbonyl (C=O) groups is 1. The second-order valence-electron chi connectivity index (χ2n) is 5.19. The van der Waals surface area contributed by atoms with Gasteiger partial charge < -0.3 is 14.5 Å². The molecule has 1 aliphatic heterocycles. The van der Waals surface area contributed by atoms with Crippen molar-refractivity contribution in [2.24, 2.45) is 0 Å². The van der Waals surface area contributed by atoms with E-state index in [1.165, 1.54) is 5.56 Å². The molecule has 0 aromatic carbocycles. The summed E-state index contributed by atoms with van der Waals surface area (Å²) in [4.78, 5) is 20.6. The first-order valence-electron chi connectivity index (χ1n) is 7.80. The van der Waals surface area contributed by atoms with E-state index in [0.29, 0.717) is 6.42 Å². The Bertz CT molecular complexity index is 455. The summed E-state index contributed by atoms with van der Waals surface area (Å²) in [6, 6.07) is 4.10. The van der Waals surface area contributed by atoms with Gasteiger partial charge in [0, 0.05) is 38.8 Å². The standard InChI is InChI=1S/C16H25N3O2/c1-3-18(4-2)16(20)6-5-14-7-8-17-15(13-14)19-9-11-21-12-10-19/h7-8,13H,3-6,9-12H2,1-2H3. The number of nitrogens with zero attached hydrogens (tertiary/aromatic N) is 3. The Kier molecular flexibility index (Phi) is 5.99. The topological polar surface area (TPSA) is 45.7 Å². The zero-order valence-corrected chi connectivity index (χ0v) is 13.0. The van der Waals surface area contributed by atoms with Crippen molar-refractivity contribution in [3.8, 4) is 0 Å². The van der Waals surface area contributed by atoms with Crippen LogP contribution in [0.4, 0.5) is 5.82 Å². The van der Waals surface area contributed by atoms with E-state index in [1.54, 1.807) is 0 Å². The smallest absolute Gasteiger partial charge is 0.222 e. The van der Waals surface area contributed by atoms with Crippen molar-refractivity contribution in [3.63, 3.8) is 0 Å². The van der Waals surface area contributed by atoms with Crippen LogP contribution < -0.4 is 4.90 Å². The number of rotatable bonds is 6. The zero-order valence-electron chi connectivity index (χ0n) is 13.0. The third-order valence-corrected chi connectivity index (χ3v) is 3.89. The maximum absolute atomic E-state index is 12.0. The van der Waals surface area contributed by atoms with E-state index in [-0.39, 0.29) is 5.91 Å². The third-order valence-electron chi connectivity index (χ3n) is 3.89. The molecule has 5 nitrogen and oxygen atoms in total. The van der Waals surface area contributed by atoms with Crippen LogP contribution in [0, 0.1) is 0 Å². The molecule has 1 aromatic rings. The van der Waals surface area contributed by atoms with Crippen molar-refractivity contribution < 1.29 is 9.53 Å². The van der Waals surface area contributed by atoms with Crippen LogP contribution in [0.15, 0.2) is 18.3 Å². The monoisotopic (exact) mass is 291 g/mol. The molecule has 21 heavy (non-hydrogen) atoms. The number of morpholine rings is 1. The average molecular weight is 291 g/mol.